The Hall–Kier alpha value is -0.930. The molecule has 0 saturated heterocycles. The minimum Gasteiger partial charge on any atom is -0.398 e. The third kappa shape index (κ3) is 3.93. The number of halogens is 3. The van der Waals surface area contributed by atoms with Gasteiger partial charge in [0.1, 0.15) is 4.90 Å². The Morgan fingerprint density at radius 1 is 1.12 bits per heavy atom. The first-order valence-electron chi connectivity index (χ1n) is 6.87. The predicted molar refractivity (Wildman–Crippen MR) is 110 cm³/mol. The van der Waals surface area contributed by atoms with Crippen molar-refractivity contribution in [3.63, 3.8) is 0 Å². The van der Waals surface area contributed by atoms with E-state index in [9.17, 15) is 13.2 Å². The van der Waals surface area contributed by atoms with E-state index in [2.05, 4.69) is 31.9 Å². The zero-order valence-corrected chi connectivity index (χ0v) is 18.0. The monoisotopic (exact) mass is 521 g/mol. The molecule has 1 aromatic heterocycles. The highest BCUT2D eigenvalue weighted by molar-refractivity contribution is 9.11. The Labute approximate surface area is 169 Å². The molecular weight excluding hydrogens is 514 g/mol. The van der Waals surface area contributed by atoms with Gasteiger partial charge in [-0.2, -0.15) is 0 Å². The van der Waals surface area contributed by atoms with E-state index in [1.807, 2.05) is 0 Å². The summed E-state index contributed by atoms with van der Waals surface area (Å²) in [5.41, 5.74) is 6.49. The highest BCUT2D eigenvalue weighted by Crippen LogP contribution is 2.31. The van der Waals surface area contributed by atoms with Gasteiger partial charge in [0.25, 0.3) is 4.74 Å². The summed E-state index contributed by atoms with van der Waals surface area (Å²) in [6.07, 6.45) is 0. The Morgan fingerprint density at radius 2 is 1.84 bits per heavy atom. The zero-order valence-electron chi connectivity index (χ0n) is 12.4. The van der Waals surface area contributed by atoms with Crippen LogP contribution in [0.1, 0.15) is 5.56 Å². The molecule has 25 heavy (non-hydrogen) atoms. The average molecular weight is 524 g/mol. The van der Waals surface area contributed by atoms with Crippen LogP contribution in [0.5, 0.6) is 0 Å². The summed E-state index contributed by atoms with van der Waals surface area (Å²) < 4.78 is 27.2. The number of hydrogen-bond acceptors (Lipinski definition) is 5. The molecule has 2 N–H and O–H groups in total. The number of benzene rings is 2. The van der Waals surface area contributed by atoms with Crippen molar-refractivity contribution >= 4 is 80.4 Å². The summed E-state index contributed by atoms with van der Waals surface area (Å²) >= 11 is 13.5. The van der Waals surface area contributed by atoms with Crippen LogP contribution in [0.4, 0.5) is 5.69 Å². The van der Waals surface area contributed by atoms with Gasteiger partial charge in [0.2, 0.25) is 0 Å². The largest absolute Gasteiger partial charge is 0.398 e. The van der Waals surface area contributed by atoms with Crippen LogP contribution in [0.3, 0.4) is 0 Å². The molecule has 0 unspecified atom stereocenters. The SMILES string of the molecule is Nc1cc(CS(=O)(=O)c2cc3c(Br)cc(Br)cc3sc2=O)ccc1Cl. The third-order valence-corrected chi connectivity index (χ3v) is 7.72. The molecule has 3 aromatic rings. The van der Waals surface area contributed by atoms with Gasteiger partial charge in [-0.3, -0.25) is 4.79 Å². The highest BCUT2D eigenvalue weighted by atomic mass is 79.9. The van der Waals surface area contributed by atoms with E-state index in [0.29, 0.717) is 30.8 Å². The number of rotatable bonds is 3. The lowest BCUT2D eigenvalue weighted by molar-refractivity contribution is 0.595. The van der Waals surface area contributed by atoms with Gasteiger partial charge in [0.05, 0.1) is 16.5 Å². The van der Waals surface area contributed by atoms with Gasteiger partial charge in [0.15, 0.2) is 9.84 Å². The van der Waals surface area contributed by atoms with Crippen LogP contribution in [0.15, 0.2) is 55.0 Å². The molecule has 4 nitrogen and oxygen atoms in total. The Morgan fingerprint density at radius 3 is 2.52 bits per heavy atom. The summed E-state index contributed by atoms with van der Waals surface area (Å²) in [4.78, 5) is 12.2. The summed E-state index contributed by atoms with van der Waals surface area (Å²) in [7, 11) is -3.83. The van der Waals surface area contributed by atoms with E-state index in [1.54, 1.807) is 18.2 Å². The average Bonchev–Trinajstić information content (AvgIpc) is 2.49. The topological polar surface area (TPSA) is 77.2 Å². The standard InChI is InChI=1S/C16H10Br2ClNO3S2/c17-9-4-11(18)10-6-15(16(21)24-14(10)5-9)25(22,23)7-8-1-2-12(19)13(20)3-8/h1-6H,7,20H2. The summed E-state index contributed by atoms with van der Waals surface area (Å²) in [5, 5.41) is 1.02. The fourth-order valence-electron chi connectivity index (χ4n) is 2.32. The molecule has 0 amide bonds. The molecule has 0 atom stereocenters. The van der Waals surface area contributed by atoms with Gasteiger partial charge < -0.3 is 5.73 Å². The number of anilines is 1. The number of nitrogens with two attached hydrogens (primary N) is 1. The van der Waals surface area contributed by atoms with Crippen LogP contribution in [0.2, 0.25) is 5.02 Å². The smallest absolute Gasteiger partial charge is 0.251 e. The number of hydrogen-bond donors (Lipinski definition) is 1. The van der Waals surface area contributed by atoms with Crippen molar-refractivity contribution < 1.29 is 8.42 Å². The van der Waals surface area contributed by atoms with Gasteiger partial charge in [0, 0.05) is 19.0 Å². The van der Waals surface area contributed by atoms with Crippen LogP contribution >= 0.6 is 54.8 Å². The quantitative estimate of drug-likeness (QED) is 0.491. The van der Waals surface area contributed by atoms with E-state index >= 15 is 0 Å². The molecule has 1 heterocycles. The minimum atomic E-state index is -3.83. The molecule has 9 heteroatoms. The van der Waals surface area contributed by atoms with Crippen molar-refractivity contribution in [1.82, 2.24) is 0 Å². The lowest BCUT2D eigenvalue weighted by Crippen LogP contribution is -2.14. The van der Waals surface area contributed by atoms with Gasteiger partial charge in [-0.25, -0.2) is 8.42 Å². The van der Waals surface area contributed by atoms with E-state index in [4.69, 9.17) is 17.3 Å². The first-order valence-corrected chi connectivity index (χ1v) is 11.3. The van der Waals surface area contributed by atoms with Gasteiger partial charge in [-0.1, -0.05) is 60.9 Å². The fourth-order valence-corrected chi connectivity index (χ4v) is 6.72. The maximum Gasteiger partial charge on any atom is 0.251 e. The Bertz CT molecular complexity index is 1160. The van der Waals surface area contributed by atoms with Crippen LogP contribution in [-0.4, -0.2) is 8.42 Å². The molecule has 3 rings (SSSR count). The van der Waals surface area contributed by atoms with Crippen LogP contribution in [0.25, 0.3) is 10.1 Å². The second-order valence-corrected chi connectivity index (χ2v) is 10.5. The molecular formula is C16H10Br2ClNO3S2. The fraction of sp³-hybridized carbons (Fsp3) is 0.0625. The van der Waals surface area contributed by atoms with Crippen LogP contribution in [0, 0.1) is 0 Å². The van der Waals surface area contributed by atoms with Gasteiger partial charge in [-0.05, 0) is 35.9 Å². The Balaban J connectivity index is 2.12. The lowest BCUT2D eigenvalue weighted by Gasteiger charge is -2.08. The Kier molecular flexibility index (Phi) is 5.28. The number of fused-ring (bicyclic) bond motifs is 1. The molecule has 0 saturated carbocycles. The molecule has 0 aliphatic carbocycles. The predicted octanol–water partition coefficient (Wildman–Crippen LogP) is 5.00. The molecule has 0 aliphatic heterocycles. The molecule has 2 aromatic carbocycles. The molecule has 0 bridgehead atoms. The number of sulfone groups is 1. The minimum absolute atomic E-state index is 0.221. The van der Waals surface area contributed by atoms with Crippen molar-refractivity contribution in [3.05, 3.63) is 65.5 Å². The second kappa shape index (κ2) is 7.00. The normalized spacial score (nSPS) is 11.8. The van der Waals surface area contributed by atoms with E-state index in [1.165, 1.54) is 18.2 Å². The van der Waals surface area contributed by atoms with Crippen LogP contribution < -0.4 is 10.5 Å². The van der Waals surface area contributed by atoms with Crippen molar-refractivity contribution in [2.75, 3.05) is 5.73 Å². The van der Waals surface area contributed by atoms with Crippen molar-refractivity contribution in [2.24, 2.45) is 0 Å². The molecule has 0 aliphatic rings. The first kappa shape index (κ1) is 18.8. The first-order chi connectivity index (χ1) is 11.7. The van der Waals surface area contributed by atoms with Crippen molar-refractivity contribution in [2.45, 2.75) is 10.6 Å². The summed E-state index contributed by atoms with van der Waals surface area (Å²) in [5.74, 6) is -0.323. The third-order valence-electron chi connectivity index (χ3n) is 3.49. The highest BCUT2D eigenvalue weighted by Gasteiger charge is 2.21. The van der Waals surface area contributed by atoms with E-state index < -0.39 is 14.6 Å². The summed E-state index contributed by atoms with van der Waals surface area (Å²) in [6, 6.07) is 9.62. The van der Waals surface area contributed by atoms with Gasteiger partial charge >= 0.3 is 0 Å². The van der Waals surface area contributed by atoms with Crippen molar-refractivity contribution in [1.29, 1.82) is 0 Å². The van der Waals surface area contributed by atoms with Crippen molar-refractivity contribution in [3.8, 4) is 0 Å². The van der Waals surface area contributed by atoms with Crippen LogP contribution in [-0.2, 0) is 15.6 Å². The second-order valence-electron chi connectivity index (χ2n) is 5.31. The number of nitrogen functional groups attached to an aromatic ring is 1. The van der Waals surface area contributed by atoms with Gasteiger partial charge in [-0.15, -0.1) is 0 Å². The molecule has 0 fully saturated rings. The summed E-state index contributed by atoms with van der Waals surface area (Å²) in [6.45, 7) is 0. The molecule has 0 spiro atoms. The van der Waals surface area contributed by atoms with E-state index in [-0.39, 0.29) is 10.6 Å². The molecule has 130 valence electrons. The maximum absolute atomic E-state index is 12.7. The lowest BCUT2D eigenvalue weighted by atomic mass is 10.2. The molecule has 0 radical (unpaired) electrons. The zero-order chi connectivity index (χ0) is 18.4. The van der Waals surface area contributed by atoms with E-state index in [0.717, 1.165) is 15.8 Å². The maximum atomic E-state index is 12.7.